The lowest BCUT2D eigenvalue weighted by atomic mass is 10.0. The van der Waals surface area contributed by atoms with Gasteiger partial charge in [-0.2, -0.15) is 0 Å². The Morgan fingerprint density at radius 2 is 2.38 bits per heavy atom. The van der Waals surface area contributed by atoms with Crippen LogP contribution >= 0.6 is 0 Å². The molecule has 0 aromatic carbocycles. The van der Waals surface area contributed by atoms with Gasteiger partial charge >= 0.3 is 11.8 Å². The number of likely N-dealkylation sites (N-methyl/N-ethyl adjacent to an activating group) is 1. The predicted molar refractivity (Wildman–Crippen MR) is 76.3 cm³/mol. The SMILES string of the molecule is CN(C(=O)O)C1CCCN(c2ccnc(N)c2[N+](=O)[O-])C1. The summed E-state index contributed by atoms with van der Waals surface area (Å²) in [6.07, 6.45) is 1.89. The van der Waals surface area contributed by atoms with Gasteiger partial charge in [0.05, 0.1) is 11.0 Å². The van der Waals surface area contributed by atoms with Crippen molar-refractivity contribution in [1.29, 1.82) is 0 Å². The van der Waals surface area contributed by atoms with Gasteiger partial charge in [0.1, 0.15) is 5.69 Å². The molecule has 0 aliphatic carbocycles. The van der Waals surface area contributed by atoms with Crippen molar-refractivity contribution >= 4 is 23.3 Å². The lowest BCUT2D eigenvalue weighted by molar-refractivity contribution is -0.383. The molecule has 1 aromatic heterocycles. The van der Waals surface area contributed by atoms with Crippen LogP contribution in [-0.4, -0.2) is 52.2 Å². The van der Waals surface area contributed by atoms with E-state index in [9.17, 15) is 14.9 Å². The van der Waals surface area contributed by atoms with E-state index < -0.39 is 11.0 Å². The summed E-state index contributed by atoms with van der Waals surface area (Å²) in [5.74, 6) is -0.133. The molecule has 1 amide bonds. The number of nitro groups is 1. The first-order valence-corrected chi connectivity index (χ1v) is 6.51. The molecule has 1 aliphatic rings. The van der Waals surface area contributed by atoms with Crippen LogP contribution in [0.4, 0.5) is 22.0 Å². The monoisotopic (exact) mass is 295 g/mol. The Morgan fingerprint density at radius 3 is 3.00 bits per heavy atom. The summed E-state index contributed by atoms with van der Waals surface area (Å²) in [5.41, 5.74) is 5.75. The van der Waals surface area contributed by atoms with Gasteiger partial charge in [-0.1, -0.05) is 0 Å². The molecule has 2 rings (SSSR count). The fourth-order valence-electron chi connectivity index (χ4n) is 2.55. The number of nitrogens with zero attached hydrogens (tertiary/aromatic N) is 4. The number of pyridine rings is 1. The van der Waals surface area contributed by atoms with E-state index in [2.05, 4.69) is 4.98 Å². The van der Waals surface area contributed by atoms with Gasteiger partial charge in [-0.15, -0.1) is 0 Å². The number of carbonyl (C=O) groups is 1. The molecule has 0 radical (unpaired) electrons. The van der Waals surface area contributed by atoms with E-state index in [1.165, 1.54) is 24.2 Å². The van der Waals surface area contributed by atoms with E-state index in [-0.39, 0.29) is 17.5 Å². The Labute approximate surface area is 121 Å². The molecule has 9 nitrogen and oxygen atoms in total. The van der Waals surface area contributed by atoms with E-state index in [4.69, 9.17) is 10.8 Å². The number of nitrogens with two attached hydrogens (primary N) is 1. The van der Waals surface area contributed by atoms with Gasteiger partial charge in [0.25, 0.3) is 0 Å². The fourth-order valence-corrected chi connectivity index (χ4v) is 2.55. The summed E-state index contributed by atoms with van der Waals surface area (Å²) < 4.78 is 0. The molecule has 1 unspecified atom stereocenters. The number of nitrogen functional groups attached to an aromatic ring is 1. The average Bonchev–Trinajstić information content (AvgIpc) is 2.45. The summed E-state index contributed by atoms with van der Waals surface area (Å²) in [5, 5.41) is 20.2. The Bertz CT molecular complexity index is 565. The van der Waals surface area contributed by atoms with Crippen LogP contribution in [0.25, 0.3) is 0 Å². The van der Waals surface area contributed by atoms with Gasteiger partial charge in [0, 0.05) is 26.3 Å². The zero-order chi connectivity index (χ0) is 15.6. The van der Waals surface area contributed by atoms with Crippen molar-refractivity contribution < 1.29 is 14.8 Å². The quantitative estimate of drug-likeness (QED) is 0.632. The number of hydrogen-bond donors (Lipinski definition) is 2. The van der Waals surface area contributed by atoms with Crippen molar-refractivity contribution in [3.8, 4) is 0 Å². The first-order valence-electron chi connectivity index (χ1n) is 6.51. The van der Waals surface area contributed by atoms with Gasteiger partial charge in [-0.25, -0.2) is 9.78 Å². The molecule has 1 aliphatic heterocycles. The molecule has 114 valence electrons. The number of rotatable bonds is 3. The van der Waals surface area contributed by atoms with E-state index in [0.717, 1.165) is 12.8 Å². The molecule has 1 fully saturated rings. The summed E-state index contributed by atoms with van der Waals surface area (Å²) in [4.78, 5) is 28.4. The lowest BCUT2D eigenvalue weighted by Crippen LogP contribution is -2.48. The second-order valence-corrected chi connectivity index (χ2v) is 4.96. The number of aromatic nitrogens is 1. The predicted octanol–water partition coefficient (Wildman–Crippen LogP) is 1.15. The molecule has 1 atom stereocenters. The van der Waals surface area contributed by atoms with Crippen molar-refractivity contribution in [2.75, 3.05) is 30.8 Å². The van der Waals surface area contributed by atoms with Gasteiger partial charge < -0.3 is 20.6 Å². The van der Waals surface area contributed by atoms with Crippen LogP contribution in [-0.2, 0) is 0 Å². The van der Waals surface area contributed by atoms with Crippen LogP contribution in [0.15, 0.2) is 12.3 Å². The normalized spacial score (nSPS) is 18.3. The molecule has 2 heterocycles. The maximum Gasteiger partial charge on any atom is 0.407 e. The number of hydrogen-bond acceptors (Lipinski definition) is 6. The first kappa shape index (κ1) is 14.8. The zero-order valence-corrected chi connectivity index (χ0v) is 11.6. The highest BCUT2D eigenvalue weighted by molar-refractivity contribution is 5.72. The Morgan fingerprint density at radius 1 is 1.67 bits per heavy atom. The summed E-state index contributed by atoms with van der Waals surface area (Å²) in [7, 11) is 1.51. The summed E-state index contributed by atoms with van der Waals surface area (Å²) >= 11 is 0. The van der Waals surface area contributed by atoms with Gasteiger partial charge in [-0.05, 0) is 18.9 Å². The molecule has 21 heavy (non-hydrogen) atoms. The molecule has 9 heteroatoms. The van der Waals surface area contributed by atoms with Gasteiger partial charge in [0.15, 0.2) is 0 Å². The first-order chi connectivity index (χ1) is 9.91. The number of anilines is 2. The second kappa shape index (κ2) is 5.81. The third-order valence-electron chi connectivity index (χ3n) is 3.70. The maximum absolute atomic E-state index is 11.2. The van der Waals surface area contributed by atoms with Crippen LogP contribution in [0.3, 0.4) is 0 Å². The van der Waals surface area contributed by atoms with E-state index in [1.807, 2.05) is 0 Å². The molecule has 1 aromatic rings. The van der Waals surface area contributed by atoms with Gasteiger partial charge in [-0.3, -0.25) is 10.1 Å². The highest BCUT2D eigenvalue weighted by atomic mass is 16.6. The summed E-state index contributed by atoms with van der Waals surface area (Å²) in [6, 6.07) is 1.34. The number of amides is 1. The smallest absolute Gasteiger partial charge is 0.407 e. The topological polar surface area (TPSA) is 126 Å². The van der Waals surface area contributed by atoms with Crippen molar-refractivity contribution in [3.63, 3.8) is 0 Å². The van der Waals surface area contributed by atoms with Crippen molar-refractivity contribution in [1.82, 2.24) is 9.88 Å². The summed E-state index contributed by atoms with van der Waals surface area (Å²) in [6.45, 7) is 1.02. The van der Waals surface area contributed by atoms with Crippen LogP contribution in [0.1, 0.15) is 12.8 Å². The molecular weight excluding hydrogens is 278 g/mol. The Kier molecular flexibility index (Phi) is 4.10. The minimum absolute atomic E-state index is 0.133. The van der Waals surface area contributed by atoms with Crippen LogP contribution in [0.2, 0.25) is 0 Å². The lowest BCUT2D eigenvalue weighted by Gasteiger charge is -2.37. The van der Waals surface area contributed by atoms with Crippen molar-refractivity contribution in [2.24, 2.45) is 0 Å². The maximum atomic E-state index is 11.2. The minimum Gasteiger partial charge on any atom is -0.465 e. The zero-order valence-electron chi connectivity index (χ0n) is 11.6. The highest BCUT2D eigenvalue weighted by Crippen LogP contribution is 2.34. The molecule has 0 saturated carbocycles. The number of carboxylic acid groups (broad SMARTS) is 1. The standard InChI is InChI=1S/C12H17N5O4/c1-15(12(18)19)8-3-2-6-16(7-8)9-4-5-14-11(13)10(9)17(20)21/h4-5,8H,2-3,6-7H2,1H3,(H2,13,14)(H,18,19). The third-order valence-corrected chi connectivity index (χ3v) is 3.70. The molecule has 0 spiro atoms. The third kappa shape index (κ3) is 2.96. The largest absolute Gasteiger partial charge is 0.465 e. The molecule has 0 bridgehead atoms. The molecular formula is C12H17N5O4. The molecule has 1 saturated heterocycles. The fraction of sp³-hybridized carbons (Fsp3) is 0.500. The van der Waals surface area contributed by atoms with E-state index in [0.29, 0.717) is 18.8 Å². The van der Waals surface area contributed by atoms with Crippen LogP contribution in [0.5, 0.6) is 0 Å². The van der Waals surface area contributed by atoms with Crippen LogP contribution in [0, 0.1) is 10.1 Å². The Balaban J connectivity index is 2.28. The van der Waals surface area contributed by atoms with Crippen molar-refractivity contribution in [2.45, 2.75) is 18.9 Å². The second-order valence-electron chi connectivity index (χ2n) is 4.96. The van der Waals surface area contributed by atoms with E-state index in [1.54, 1.807) is 4.90 Å². The number of piperidine rings is 1. The average molecular weight is 295 g/mol. The van der Waals surface area contributed by atoms with E-state index >= 15 is 0 Å². The van der Waals surface area contributed by atoms with Crippen molar-refractivity contribution in [3.05, 3.63) is 22.4 Å². The van der Waals surface area contributed by atoms with Gasteiger partial charge in [0.2, 0.25) is 5.82 Å². The highest BCUT2D eigenvalue weighted by Gasteiger charge is 2.30. The van der Waals surface area contributed by atoms with Crippen LogP contribution < -0.4 is 10.6 Å². The molecule has 3 N–H and O–H groups in total. The Hall–Kier alpha value is -2.58. The minimum atomic E-state index is -1.01.